The minimum absolute atomic E-state index is 0.0422. The predicted octanol–water partition coefficient (Wildman–Crippen LogP) is 4.85. The van der Waals surface area contributed by atoms with Crippen molar-refractivity contribution >= 4 is 92.8 Å². The molecule has 148 valence electrons. The number of benzene rings is 1. The fourth-order valence-electron chi connectivity index (χ4n) is 4.18. The van der Waals surface area contributed by atoms with Crippen LogP contribution in [-0.2, 0) is 9.59 Å². The van der Waals surface area contributed by atoms with Crippen LogP contribution in [0.2, 0.25) is 0 Å². The quantitative estimate of drug-likeness (QED) is 0.249. The minimum atomic E-state index is -2.03. The number of imide groups is 1. The van der Waals surface area contributed by atoms with Crippen LogP contribution in [0.1, 0.15) is 5.56 Å². The summed E-state index contributed by atoms with van der Waals surface area (Å²) >= 11 is 38.5. The van der Waals surface area contributed by atoms with Crippen molar-refractivity contribution in [2.45, 2.75) is 21.0 Å². The topological polar surface area (TPSA) is 80.5 Å². The number of nitro groups is 1. The van der Waals surface area contributed by atoms with Crippen LogP contribution in [0, 0.1) is 28.9 Å². The predicted molar refractivity (Wildman–Crippen MR) is 108 cm³/mol. The summed E-state index contributed by atoms with van der Waals surface area (Å²) in [6, 6.07) is 3.81. The van der Waals surface area contributed by atoms with E-state index in [0.29, 0.717) is 5.56 Å². The summed E-state index contributed by atoms with van der Waals surface area (Å²) in [6.07, 6.45) is 0. The first-order valence-corrected chi connectivity index (χ1v) is 10.0. The van der Waals surface area contributed by atoms with Gasteiger partial charge in [-0.25, -0.2) is 4.90 Å². The summed E-state index contributed by atoms with van der Waals surface area (Å²) in [5.74, 6) is -4.10. The van der Waals surface area contributed by atoms with Crippen LogP contribution >= 0.6 is 69.6 Å². The van der Waals surface area contributed by atoms with Gasteiger partial charge < -0.3 is 0 Å². The molecule has 12 heteroatoms. The summed E-state index contributed by atoms with van der Waals surface area (Å²) in [6.45, 7) is 1.60. The van der Waals surface area contributed by atoms with Gasteiger partial charge in [0.1, 0.15) is 9.75 Å². The third kappa shape index (κ3) is 1.99. The first kappa shape index (κ1) is 20.5. The number of nitrogens with zero attached hydrogens (tertiary/aromatic N) is 2. The Morgan fingerprint density at radius 1 is 1.00 bits per heavy atom. The number of allylic oxidation sites excluding steroid dienone is 2. The van der Waals surface area contributed by atoms with Crippen LogP contribution < -0.4 is 4.90 Å². The molecule has 1 saturated carbocycles. The molecule has 0 N–H and O–H groups in total. The van der Waals surface area contributed by atoms with E-state index >= 15 is 0 Å². The highest BCUT2D eigenvalue weighted by Crippen LogP contribution is 2.77. The lowest BCUT2D eigenvalue weighted by Gasteiger charge is -2.34. The molecule has 2 amide bonds. The minimum Gasteiger partial charge on any atom is -0.274 e. The third-order valence-corrected chi connectivity index (χ3v) is 9.81. The highest BCUT2D eigenvalue weighted by Gasteiger charge is 2.87. The molecule has 28 heavy (non-hydrogen) atoms. The van der Waals surface area contributed by atoms with Gasteiger partial charge in [0.2, 0.25) is 11.8 Å². The highest BCUT2D eigenvalue weighted by atomic mass is 35.5. The van der Waals surface area contributed by atoms with Crippen LogP contribution in [-0.4, -0.2) is 30.8 Å². The second kappa shape index (κ2) is 5.90. The molecule has 1 heterocycles. The maximum Gasteiger partial charge on any atom is 0.271 e. The number of halogens is 6. The van der Waals surface area contributed by atoms with Crippen molar-refractivity contribution in [1.82, 2.24) is 0 Å². The van der Waals surface area contributed by atoms with Gasteiger partial charge in [0.05, 0.1) is 32.5 Å². The van der Waals surface area contributed by atoms with Crippen molar-refractivity contribution in [3.8, 4) is 0 Å². The molecule has 0 radical (unpaired) electrons. The molecule has 0 aromatic heterocycles. The fourth-order valence-corrected chi connectivity index (χ4v) is 7.11. The van der Waals surface area contributed by atoms with E-state index in [1.807, 2.05) is 0 Å². The number of hydrogen-bond donors (Lipinski definition) is 0. The van der Waals surface area contributed by atoms with Gasteiger partial charge in [-0.3, -0.25) is 19.7 Å². The Morgan fingerprint density at radius 2 is 1.46 bits per heavy atom. The Bertz CT molecular complexity index is 980. The number of non-ortho nitro benzene ring substituents is 1. The van der Waals surface area contributed by atoms with Crippen LogP contribution in [0.5, 0.6) is 0 Å². The monoisotopic (exact) mass is 502 g/mol. The van der Waals surface area contributed by atoms with Gasteiger partial charge in [-0.15, -0.1) is 23.2 Å². The number of carbonyl (C=O) groups excluding carboxylic acids is 2. The number of fused-ring (bicyclic) bond motifs is 5. The lowest BCUT2D eigenvalue weighted by atomic mass is 9.84. The fraction of sp³-hybridized carbons (Fsp3) is 0.375. The summed E-state index contributed by atoms with van der Waals surface area (Å²) in [5, 5.41) is 10.7. The van der Waals surface area contributed by atoms with Crippen LogP contribution in [0.3, 0.4) is 0 Å². The van der Waals surface area contributed by atoms with Gasteiger partial charge in [0, 0.05) is 12.1 Å². The smallest absolute Gasteiger partial charge is 0.271 e. The van der Waals surface area contributed by atoms with Gasteiger partial charge in [0.15, 0.2) is 4.33 Å². The van der Waals surface area contributed by atoms with Crippen molar-refractivity contribution < 1.29 is 14.5 Å². The molecule has 2 aliphatic carbocycles. The molecule has 1 aromatic rings. The van der Waals surface area contributed by atoms with Crippen molar-refractivity contribution in [2.75, 3.05) is 4.90 Å². The average molecular weight is 505 g/mol. The summed E-state index contributed by atoms with van der Waals surface area (Å²) in [7, 11) is 0. The molecule has 3 aliphatic rings. The second-order valence-electron chi connectivity index (χ2n) is 6.82. The first-order valence-electron chi connectivity index (χ1n) is 7.78. The van der Waals surface area contributed by atoms with Gasteiger partial charge in [0.25, 0.3) is 5.69 Å². The maximum atomic E-state index is 13.3. The van der Waals surface area contributed by atoms with E-state index in [4.69, 9.17) is 69.6 Å². The Hall–Kier alpha value is -0.760. The lowest BCUT2D eigenvalue weighted by Crippen LogP contribution is -2.50. The molecule has 1 aromatic carbocycles. The second-order valence-corrected chi connectivity index (χ2v) is 10.1. The average Bonchev–Trinajstić information content (AvgIpc) is 3.00. The number of aryl methyl sites for hydroxylation is 1. The zero-order valence-electron chi connectivity index (χ0n) is 13.7. The Balaban J connectivity index is 1.91. The Morgan fingerprint density at radius 3 is 1.89 bits per heavy atom. The Kier molecular flexibility index (Phi) is 4.32. The van der Waals surface area contributed by atoms with Crippen molar-refractivity contribution in [2.24, 2.45) is 11.8 Å². The van der Waals surface area contributed by atoms with Gasteiger partial charge >= 0.3 is 0 Å². The van der Waals surface area contributed by atoms with Crippen molar-refractivity contribution in [3.63, 3.8) is 0 Å². The van der Waals surface area contributed by atoms with Crippen LogP contribution in [0.15, 0.2) is 28.3 Å². The molecule has 2 fully saturated rings. The largest absolute Gasteiger partial charge is 0.274 e. The van der Waals surface area contributed by atoms with E-state index in [2.05, 4.69) is 0 Å². The van der Waals surface area contributed by atoms with E-state index in [1.54, 1.807) is 6.92 Å². The molecule has 4 atom stereocenters. The number of carbonyl (C=O) groups is 2. The first-order chi connectivity index (χ1) is 12.8. The highest BCUT2D eigenvalue weighted by molar-refractivity contribution is 6.67. The van der Waals surface area contributed by atoms with Gasteiger partial charge in [-0.05, 0) is 12.5 Å². The number of anilines is 1. The molecule has 1 saturated heterocycles. The molecular formula is C16H8Cl6N2O4. The van der Waals surface area contributed by atoms with Crippen LogP contribution in [0.25, 0.3) is 0 Å². The van der Waals surface area contributed by atoms with E-state index in [-0.39, 0.29) is 21.4 Å². The van der Waals surface area contributed by atoms with Crippen molar-refractivity contribution in [3.05, 3.63) is 43.9 Å². The molecule has 4 rings (SSSR count). The van der Waals surface area contributed by atoms with Gasteiger partial charge in [-0.2, -0.15) is 0 Å². The normalized spacial score (nSPS) is 35.8. The van der Waals surface area contributed by atoms with Crippen LogP contribution in [0.4, 0.5) is 11.4 Å². The third-order valence-electron chi connectivity index (χ3n) is 5.55. The van der Waals surface area contributed by atoms with Crippen molar-refractivity contribution in [1.29, 1.82) is 0 Å². The number of rotatable bonds is 2. The number of nitro benzene ring substituents is 1. The van der Waals surface area contributed by atoms with E-state index in [9.17, 15) is 19.7 Å². The summed E-state index contributed by atoms with van der Waals surface area (Å²) < 4.78 is -2.03. The molecule has 2 bridgehead atoms. The lowest BCUT2D eigenvalue weighted by molar-refractivity contribution is -0.384. The number of hydrogen-bond acceptors (Lipinski definition) is 4. The maximum absolute atomic E-state index is 13.3. The number of amides is 2. The van der Waals surface area contributed by atoms with E-state index in [0.717, 1.165) is 11.0 Å². The molecule has 0 spiro atoms. The Labute approximate surface area is 188 Å². The SMILES string of the molecule is Cc1ccc([N+](=O)[O-])cc1N1C(=O)[C@H]2[C@H](C1=O)[C@@]1(Cl)C(Cl)=C(Cl)[C@@]2(Cl)C1(Cl)Cl. The summed E-state index contributed by atoms with van der Waals surface area (Å²) in [4.78, 5) is 34.0. The van der Waals surface area contributed by atoms with E-state index < -0.39 is 42.7 Å². The zero-order chi connectivity index (χ0) is 21.0. The zero-order valence-corrected chi connectivity index (χ0v) is 18.2. The standard InChI is InChI=1S/C16H8Cl6N2O4/c1-5-2-3-6(24(27)28)4-7(5)23-12(25)8-9(13(23)26)15(20)11(18)10(17)14(8,19)16(15,21)22/h2-4,8-9H,1H3/t8-,9-,14-,15-/m1/s1. The molecule has 0 unspecified atom stereocenters. The summed E-state index contributed by atoms with van der Waals surface area (Å²) in [5.41, 5.74) is 0.209. The van der Waals surface area contributed by atoms with E-state index in [1.165, 1.54) is 12.1 Å². The number of alkyl halides is 4. The molecular weight excluding hydrogens is 497 g/mol. The van der Waals surface area contributed by atoms with Gasteiger partial charge in [-0.1, -0.05) is 52.5 Å². The molecule has 6 nitrogen and oxygen atoms in total. The molecule has 1 aliphatic heterocycles.